The lowest BCUT2D eigenvalue weighted by Crippen LogP contribution is -1.82. The van der Waals surface area contributed by atoms with Gasteiger partial charge in [0.05, 0.1) is 0 Å². The molecule has 14 heavy (non-hydrogen) atoms. The molecule has 2 aromatic rings. The number of hydrogen-bond donors (Lipinski definition) is 1. The van der Waals surface area contributed by atoms with E-state index >= 15 is 0 Å². The van der Waals surface area contributed by atoms with E-state index in [4.69, 9.17) is 0 Å². The van der Waals surface area contributed by atoms with Crippen LogP contribution in [0, 0.1) is 11.8 Å². The van der Waals surface area contributed by atoms with E-state index in [-0.39, 0.29) is 5.75 Å². The number of rotatable bonds is 1. The van der Waals surface area contributed by atoms with Crippen molar-refractivity contribution in [3.05, 3.63) is 34.9 Å². The van der Waals surface area contributed by atoms with Crippen molar-refractivity contribution in [1.29, 1.82) is 0 Å². The van der Waals surface area contributed by atoms with Crippen LogP contribution in [0.4, 0.5) is 5.69 Å². The number of hydrogen-bond acceptors (Lipinski definition) is 4. The summed E-state index contributed by atoms with van der Waals surface area (Å²) in [5, 5.41) is 13.1. The number of fused-ring (bicyclic) bond motifs is 1. The maximum atomic E-state index is 10.5. The molecular formula is C10H8N2O2. The predicted molar refractivity (Wildman–Crippen MR) is 53.6 cm³/mol. The number of phenolic OH excluding ortho intramolecular Hbond substituents is 1. The average Bonchev–Trinajstić information content (AvgIpc) is 2.23. The largest absolute Gasteiger partial charge is 0.505 e. The van der Waals surface area contributed by atoms with Gasteiger partial charge in [-0.3, -0.25) is 4.98 Å². The number of nitroso groups, excluding NO2 is 1. The Morgan fingerprint density at radius 1 is 1.50 bits per heavy atom. The molecule has 0 aliphatic heterocycles. The molecule has 0 bridgehead atoms. The van der Waals surface area contributed by atoms with Gasteiger partial charge in [-0.05, 0) is 35.9 Å². The quantitative estimate of drug-likeness (QED) is 0.699. The van der Waals surface area contributed by atoms with Gasteiger partial charge in [0.15, 0.2) is 0 Å². The predicted octanol–water partition coefficient (Wildman–Crippen LogP) is 2.65. The minimum atomic E-state index is 0.105. The van der Waals surface area contributed by atoms with Gasteiger partial charge < -0.3 is 5.11 Å². The van der Waals surface area contributed by atoms with Crippen LogP contribution in [0.1, 0.15) is 5.56 Å². The van der Waals surface area contributed by atoms with Crippen molar-refractivity contribution in [2.24, 2.45) is 5.18 Å². The Kier molecular flexibility index (Phi) is 1.89. The van der Waals surface area contributed by atoms with E-state index in [0.717, 1.165) is 0 Å². The first-order valence-corrected chi connectivity index (χ1v) is 4.14. The summed E-state index contributed by atoms with van der Waals surface area (Å²) in [6.45, 7) is 1.71. The van der Waals surface area contributed by atoms with Crippen LogP contribution >= 0.6 is 0 Å². The molecule has 0 aliphatic rings. The Bertz CT molecular complexity index is 509. The summed E-state index contributed by atoms with van der Waals surface area (Å²) in [6.07, 6.45) is 1.57. The molecule has 1 heterocycles. The van der Waals surface area contributed by atoms with Crippen LogP contribution in [0.3, 0.4) is 0 Å². The number of aryl methyl sites for hydroxylation is 1. The maximum Gasteiger partial charge on any atom is 0.144 e. The summed E-state index contributed by atoms with van der Waals surface area (Å²) in [6, 6.07) is 4.95. The fraction of sp³-hybridized carbons (Fsp3) is 0.100. The number of benzene rings is 1. The van der Waals surface area contributed by atoms with E-state index < -0.39 is 0 Å². The fourth-order valence-corrected chi connectivity index (χ4v) is 1.41. The lowest BCUT2D eigenvalue weighted by molar-refractivity contribution is 0.476. The van der Waals surface area contributed by atoms with E-state index in [1.165, 1.54) is 0 Å². The zero-order valence-corrected chi connectivity index (χ0v) is 7.56. The second-order valence-electron chi connectivity index (χ2n) is 3.05. The highest BCUT2D eigenvalue weighted by atomic mass is 16.3. The van der Waals surface area contributed by atoms with Crippen molar-refractivity contribution in [3.63, 3.8) is 0 Å². The van der Waals surface area contributed by atoms with Crippen LogP contribution in [-0.4, -0.2) is 10.1 Å². The molecule has 0 amide bonds. The molecule has 0 atom stereocenters. The lowest BCUT2D eigenvalue weighted by Gasteiger charge is -2.04. The van der Waals surface area contributed by atoms with Crippen LogP contribution in [0.2, 0.25) is 0 Å². The zero-order valence-electron chi connectivity index (χ0n) is 7.56. The molecule has 0 saturated carbocycles. The average molecular weight is 188 g/mol. The minimum Gasteiger partial charge on any atom is -0.505 e. The Hall–Kier alpha value is -1.97. The number of phenols is 1. The molecule has 1 aromatic carbocycles. The van der Waals surface area contributed by atoms with Crippen molar-refractivity contribution in [1.82, 2.24) is 4.98 Å². The summed E-state index contributed by atoms with van der Waals surface area (Å²) in [7, 11) is 0. The molecule has 1 aromatic heterocycles. The van der Waals surface area contributed by atoms with Gasteiger partial charge in [-0.15, -0.1) is 4.91 Å². The van der Waals surface area contributed by atoms with Crippen LogP contribution in [0.5, 0.6) is 5.75 Å². The second-order valence-corrected chi connectivity index (χ2v) is 3.05. The van der Waals surface area contributed by atoms with Crippen LogP contribution in [0.15, 0.2) is 29.6 Å². The molecule has 4 nitrogen and oxygen atoms in total. The van der Waals surface area contributed by atoms with Crippen LogP contribution in [-0.2, 0) is 0 Å². The highest BCUT2D eigenvalue weighted by Gasteiger charge is 2.09. The first-order chi connectivity index (χ1) is 6.74. The monoisotopic (exact) mass is 188 g/mol. The zero-order chi connectivity index (χ0) is 10.1. The third-order valence-corrected chi connectivity index (χ3v) is 2.13. The second kappa shape index (κ2) is 3.06. The molecule has 0 fully saturated rings. The lowest BCUT2D eigenvalue weighted by atomic mass is 10.1. The number of aromatic nitrogens is 1. The van der Waals surface area contributed by atoms with Crippen molar-refractivity contribution in [2.45, 2.75) is 6.92 Å². The molecule has 2 rings (SSSR count). The molecule has 0 spiro atoms. The van der Waals surface area contributed by atoms with Crippen molar-refractivity contribution >= 4 is 16.6 Å². The van der Waals surface area contributed by atoms with E-state index in [0.29, 0.717) is 22.2 Å². The van der Waals surface area contributed by atoms with Gasteiger partial charge in [0.2, 0.25) is 0 Å². The summed E-state index contributed by atoms with van der Waals surface area (Å²) in [5.41, 5.74) is 1.33. The third-order valence-electron chi connectivity index (χ3n) is 2.13. The van der Waals surface area contributed by atoms with Gasteiger partial charge in [0.1, 0.15) is 17.0 Å². The SMILES string of the molecule is Cc1cc(N=O)c2cccnc2c1O. The topological polar surface area (TPSA) is 62.5 Å². The smallest absolute Gasteiger partial charge is 0.144 e. The molecule has 1 N–H and O–H groups in total. The van der Waals surface area contributed by atoms with Gasteiger partial charge in [-0.2, -0.15) is 0 Å². The highest BCUT2D eigenvalue weighted by Crippen LogP contribution is 2.33. The van der Waals surface area contributed by atoms with Crippen LogP contribution in [0.25, 0.3) is 10.9 Å². The van der Waals surface area contributed by atoms with E-state index in [1.54, 1.807) is 31.3 Å². The first kappa shape index (κ1) is 8.62. The molecule has 4 heteroatoms. The van der Waals surface area contributed by atoms with Crippen molar-refractivity contribution in [2.75, 3.05) is 0 Å². The number of pyridine rings is 1. The van der Waals surface area contributed by atoms with E-state index in [2.05, 4.69) is 10.2 Å². The Morgan fingerprint density at radius 3 is 3.00 bits per heavy atom. The third kappa shape index (κ3) is 1.12. The van der Waals surface area contributed by atoms with Crippen LogP contribution < -0.4 is 0 Å². The molecule has 70 valence electrons. The summed E-state index contributed by atoms with van der Waals surface area (Å²) < 4.78 is 0. The van der Waals surface area contributed by atoms with Gasteiger partial charge in [0.25, 0.3) is 0 Å². The van der Waals surface area contributed by atoms with Crippen molar-refractivity contribution < 1.29 is 5.11 Å². The maximum absolute atomic E-state index is 10.5. The van der Waals surface area contributed by atoms with Gasteiger partial charge in [0, 0.05) is 11.6 Å². The van der Waals surface area contributed by atoms with Gasteiger partial charge in [-0.25, -0.2) is 0 Å². The fourth-order valence-electron chi connectivity index (χ4n) is 1.41. The first-order valence-electron chi connectivity index (χ1n) is 4.14. The standard InChI is InChI=1S/C10H8N2O2/c1-6-5-8(12-14)7-3-2-4-11-9(7)10(6)13/h2-5,13H,1H3. The normalized spacial score (nSPS) is 10.4. The molecule has 0 radical (unpaired) electrons. The highest BCUT2D eigenvalue weighted by molar-refractivity contribution is 5.94. The molecular weight excluding hydrogens is 180 g/mol. The summed E-state index contributed by atoms with van der Waals surface area (Å²) in [4.78, 5) is 14.5. The summed E-state index contributed by atoms with van der Waals surface area (Å²) >= 11 is 0. The molecule has 0 saturated heterocycles. The molecule has 0 aliphatic carbocycles. The number of nitrogens with zero attached hydrogens (tertiary/aromatic N) is 2. The van der Waals surface area contributed by atoms with Gasteiger partial charge in [-0.1, -0.05) is 0 Å². The van der Waals surface area contributed by atoms with Gasteiger partial charge >= 0.3 is 0 Å². The Balaban J connectivity index is 2.96. The molecule has 0 unspecified atom stereocenters. The Labute approximate surface area is 80.2 Å². The minimum absolute atomic E-state index is 0.105. The van der Waals surface area contributed by atoms with Crippen molar-refractivity contribution in [3.8, 4) is 5.75 Å². The summed E-state index contributed by atoms with van der Waals surface area (Å²) in [5.74, 6) is 0.105. The number of aromatic hydroxyl groups is 1. The van der Waals surface area contributed by atoms with E-state index in [1.807, 2.05) is 0 Å². The van der Waals surface area contributed by atoms with E-state index in [9.17, 15) is 10.0 Å². The Morgan fingerprint density at radius 2 is 2.29 bits per heavy atom.